The fraction of sp³-hybridized carbons (Fsp3) is 0.0370. The van der Waals surface area contributed by atoms with Gasteiger partial charge < -0.3 is 14.1 Å². The fourth-order valence-electron chi connectivity index (χ4n) is 4.00. The predicted octanol–water partition coefficient (Wildman–Crippen LogP) is 5.79. The summed E-state index contributed by atoms with van der Waals surface area (Å²) in [6.07, 6.45) is 5.85. The maximum Gasteiger partial charge on any atom is 0.302 e. The van der Waals surface area contributed by atoms with Gasteiger partial charge in [0.1, 0.15) is 11.3 Å². The number of nitrogens with zero attached hydrogens (tertiary/aromatic N) is 5. The number of hydrogen-bond donors (Lipinski definition) is 2. The predicted molar refractivity (Wildman–Crippen MR) is 136 cm³/mol. The highest BCUT2D eigenvalue weighted by Crippen LogP contribution is 2.28. The average Bonchev–Trinajstić information content (AvgIpc) is 3.43. The third-order valence-electron chi connectivity index (χ3n) is 5.65. The Morgan fingerprint density at radius 1 is 0.857 bits per heavy atom. The van der Waals surface area contributed by atoms with Crippen LogP contribution in [0.2, 0.25) is 0 Å². The van der Waals surface area contributed by atoms with Crippen molar-refractivity contribution in [1.29, 1.82) is 0 Å². The lowest BCUT2D eigenvalue weighted by Crippen LogP contribution is -2.03. The Bertz CT molecular complexity index is 1680. The van der Waals surface area contributed by atoms with Crippen LogP contribution in [0.3, 0.4) is 0 Å². The van der Waals surface area contributed by atoms with Crippen molar-refractivity contribution in [1.82, 2.24) is 24.5 Å². The molecule has 0 saturated carbocycles. The molecule has 0 unspecified atom stereocenters. The van der Waals surface area contributed by atoms with Gasteiger partial charge in [-0.1, -0.05) is 42.5 Å². The monoisotopic (exact) mass is 460 g/mol. The van der Waals surface area contributed by atoms with Crippen molar-refractivity contribution in [2.45, 2.75) is 0 Å². The van der Waals surface area contributed by atoms with Crippen molar-refractivity contribution in [3.8, 4) is 17.1 Å². The molecule has 0 aliphatic heterocycles. The zero-order valence-corrected chi connectivity index (χ0v) is 18.8. The van der Waals surface area contributed by atoms with E-state index in [0.29, 0.717) is 22.8 Å². The Morgan fingerprint density at radius 2 is 1.66 bits per heavy atom. The molecule has 3 aromatic heterocycles. The summed E-state index contributed by atoms with van der Waals surface area (Å²) in [4.78, 5) is 18.1. The van der Waals surface area contributed by atoms with Gasteiger partial charge in [-0.15, -0.1) is 0 Å². The highest BCUT2D eigenvalue weighted by molar-refractivity contribution is 5.91. The molecule has 170 valence electrons. The highest BCUT2D eigenvalue weighted by atomic mass is 16.4. The van der Waals surface area contributed by atoms with Crippen LogP contribution >= 0.6 is 0 Å². The average molecular weight is 460 g/mol. The molecule has 8 heteroatoms. The van der Waals surface area contributed by atoms with Crippen molar-refractivity contribution < 1.29 is 9.52 Å². The Balaban J connectivity index is 1.42. The Morgan fingerprint density at radius 3 is 2.54 bits per heavy atom. The van der Waals surface area contributed by atoms with Crippen LogP contribution in [-0.2, 0) is 7.05 Å². The number of aromatic nitrogens is 5. The van der Waals surface area contributed by atoms with Gasteiger partial charge in [0.05, 0.1) is 5.56 Å². The van der Waals surface area contributed by atoms with E-state index in [0.717, 1.165) is 22.0 Å². The molecule has 8 nitrogen and oxygen atoms in total. The maximum absolute atomic E-state index is 10.4. The molecule has 0 bridgehead atoms. The number of nitrogens with one attached hydrogen (secondary N) is 1. The molecule has 35 heavy (non-hydrogen) atoms. The lowest BCUT2D eigenvalue weighted by atomic mass is 10.1. The molecule has 0 radical (unpaired) electrons. The summed E-state index contributed by atoms with van der Waals surface area (Å²) in [5.41, 5.74) is 4.05. The van der Waals surface area contributed by atoms with Gasteiger partial charge in [0, 0.05) is 29.7 Å². The first-order valence-electron chi connectivity index (χ1n) is 11.0. The second-order valence-electron chi connectivity index (χ2n) is 8.02. The van der Waals surface area contributed by atoms with E-state index in [-0.39, 0.29) is 17.7 Å². The SMILES string of the molecule is Cn1cc(/C=C/c2nc(Nc3nc4ccccc4o3)nc(-c3ccccc3O)n2)c2ccccc21. The fourth-order valence-corrected chi connectivity index (χ4v) is 4.00. The van der Waals surface area contributed by atoms with Gasteiger partial charge in [0.15, 0.2) is 17.2 Å². The number of benzene rings is 3. The molecule has 6 aromatic rings. The minimum atomic E-state index is 0.0792. The normalized spacial score (nSPS) is 11.6. The molecule has 0 amide bonds. The number of oxazole rings is 1. The summed E-state index contributed by atoms with van der Waals surface area (Å²) in [7, 11) is 2.02. The first kappa shape index (κ1) is 20.6. The summed E-state index contributed by atoms with van der Waals surface area (Å²) in [6, 6.07) is 22.9. The molecule has 0 aliphatic rings. The van der Waals surface area contributed by atoms with Gasteiger partial charge in [-0.25, -0.2) is 4.98 Å². The molecule has 6 rings (SSSR count). The molecule has 0 fully saturated rings. The van der Waals surface area contributed by atoms with Crippen molar-refractivity contribution in [2.75, 3.05) is 5.32 Å². The number of anilines is 2. The van der Waals surface area contributed by atoms with Gasteiger partial charge in [-0.3, -0.25) is 5.32 Å². The van der Waals surface area contributed by atoms with E-state index in [1.807, 2.05) is 61.7 Å². The van der Waals surface area contributed by atoms with Crippen molar-refractivity contribution in [3.05, 3.63) is 90.4 Å². The van der Waals surface area contributed by atoms with Gasteiger partial charge in [-0.2, -0.15) is 15.0 Å². The smallest absolute Gasteiger partial charge is 0.302 e. The number of phenols is 1. The third-order valence-corrected chi connectivity index (χ3v) is 5.65. The number of aryl methyl sites for hydroxylation is 1. The van der Waals surface area contributed by atoms with E-state index in [1.165, 1.54) is 0 Å². The second-order valence-corrected chi connectivity index (χ2v) is 8.02. The number of hydrogen-bond acceptors (Lipinski definition) is 7. The van der Waals surface area contributed by atoms with Crippen LogP contribution in [-0.4, -0.2) is 29.6 Å². The van der Waals surface area contributed by atoms with Crippen molar-refractivity contribution >= 4 is 46.1 Å². The van der Waals surface area contributed by atoms with Crippen molar-refractivity contribution in [3.63, 3.8) is 0 Å². The lowest BCUT2D eigenvalue weighted by Gasteiger charge is -2.07. The van der Waals surface area contributed by atoms with E-state index < -0.39 is 0 Å². The molecule has 0 aliphatic carbocycles. The van der Waals surface area contributed by atoms with Crippen LogP contribution in [0.15, 0.2) is 83.4 Å². The van der Waals surface area contributed by atoms with Crippen LogP contribution in [0.25, 0.3) is 45.5 Å². The molecule has 3 aromatic carbocycles. The van der Waals surface area contributed by atoms with E-state index in [9.17, 15) is 5.11 Å². The number of aromatic hydroxyl groups is 1. The Hall–Kier alpha value is -4.98. The molecule has 0 spiro atoms. The summed E-state index contributed by atoms with van der Waals surface area (Å²) >= 11 is 0. The van der Waals surface area contributed by atoms with Crippen LogP contribution < -0.4 is 5.32 Å². The van der Waals surface area contributed by atoms with E-state index in [4.69, 9.17) is 4.42 Å². The summed E-state index contributed by atoms with van der Waals surface area (Å²) < 4.78 is 7.85. The number of fused-ring (bicyclic) bond motifs is 2. The number of para-hydroxylation sites is 4. The highest BCUT2D eigenvalue weighted by Gasteiger charge is 2.13. The van der Waals surface area contributed by atoms with Crippen LogP contribution in [0.1, 0.15) is 11.4 Å². The minimum absolute atomic E-state index is 0.0792. The Kier molecular flexibility index (Phi) is 4.96. The number of rotatable bonds is 5. The van der Waals surface area contributed by atoms with Gasteiger partial charge in [-0.05, 0) is 42.5 Å². The van der Waals surface area contributed by atoms with Crippen molar-refractivity contribution in [2.24, 2.45) is 7.05 Å². The van der Waals surface area contributed by atoms with Gasteiger partial charge in [0.25, 0.3) is 0 Å². The lowest BCUT2D eigenvalue weighted by molar-refractivity contribution is 0.477. The van der Waals surface area contributed by atoms with Gasteiger partial charge >= 0.3 is 6.01 Å². The molecule has 3 heterocycles. The zero-order valence-electron chi connectivity index (χ0n) is 18.8. The molecule has 0 atom stereocenters. The summed E-state index contributed by atoms with van der Waals surface area (Å²) in [5.74, 6) is 1.08. The van der Waals surface area contributed by atoms with Crippen LogP contribution in [0, 0.1) is 0 Å². The summed E-state index contributed by atoms with van der Waals surface area (Å²) in [5, 5.41) is 14.6. The molecular weight excluding hydrogens is 440 g/mol. The standard InChI is InChI=1S/C27H20N6O2/c1-33-16-17(18-8-2-5-11-21(18)33)14-15-24-29-25(19-9-3-6-12-22(19)34)31-26(30-24)32-27-28-20-10-4-7-13-23(20)35-27/h2-16,34H,1H3,(H,28,29,30,31,32)/b15-14+. The van der Waals surface area contributed by atoms with E-state index >= 15 is 0 Å². The molecule has 0 saturated heterocycles. The maximum atomic E-state index is 10.4. The van der Waals surface area contributed by atoms with E-state index in [2.05, 4.69) is 48.1 Å². The zero-order chi connectivity index (χ0) is 23.8. The Labute approximate surface area is 200 Å². The first-order valence-corrected chi connectivity index (χ1v) is 11.0. The summed E-state index contributed by atoms with van der Waals surface area (Å²) in [6.45, 7) is 0. The second kappa shape index (κ2) is 8.42. The van der Waals surface area contributed by atoms with Crippen LogP contribution in [0.4, 0.5) is 12.0 Å². The largest absolute Gasteiger partial charge is 0.507 e. The molecule has 2 N–H and O–H groups in total. The minimum Gasteiger partial charge on any atom is -0.507 e. The third kappa shape index (κ3) is 3.97. The topological polar surface area (TPSA) is 102 Å². The number of phenolic OH excluding ortho intramolecular Hbond substituents is 1. The van der Waals surface area contributed by atoms with Crippen LogP contribution in [0.5, 0.6) is 5.75 Å². The molecular formula is C27H20N6O2. The quantitative estimate of drug-likeness (QED) is 0.336. The van der Waals surface area contributed by atoms with E-state index in [1.54, 1.807) is 18.2 Å². The first-order chi connectivity index (χ1) is 17.1. The van der Waals surface area contributed by atoms with Gasteiger partial charge in [0.2, 0.25) is 5.95 Å².